The number of esters is 1. The van der Waals surface area contributed by atoms with Crippen molar-refractivity contribution in [3.63, 3.8) is 0 Å². The molecule has 1 N–H and O–H groups in total. The summed E-state index contributed by atoms with van der Waals surface area (Å²) in [5.41, 5.74) is 2.23. The summed E-state index contributed by atoms with van der Waals surface area (Å²) >= 11 is 0. The van der Waals surface area contributed by atoms with E-state index in [0.717, 1.165) is 10.9 Å². The van der Waals surface area contributed by atoms with E-state index in [0.29, 0.717) is 23.6 Å². The average molecular weight is 415 g/mol. The molecule has 3 aromatic carbocycles. The van der Waals surface area contributed by atoms with Gasteiger partial charge in [0.25, 0.3) is 5.91 Å². The number of carbonyl (C=O) groups excluding carboxylic acids is 2. The Labute approximate surface area is 179 Å². The summed E-state index contributed by atoms with van der Waals surface area (Å²) in [6.45, 7) is 1.97. The number of rotatable bonds is 7. The molecule has 31 heavy (non-hydrogen) atoms. The molecule has 156 valence electrons. The fourth-order valence-electron chi connectivity index (χ4n) is 2.97. The van der Waals surface area contributed by atoms with E-state index in [9.17, 15) is 9.59 Å². The predicted octanol–water partition coefficient (Wildman–Crippen LogP) is 5.20. The number of hydrogen-bond acceptors (Lipinski definition) is 5. The third-order valence-electron chi connectivity index (χ3n) is 4.65. The van der Waals surface area contributed by atoms with Gasteiger partial charge in [-0.2, -0.15) is 0 Å². The molecule has 0 spiro atoms. The molecule has 4 aromatic rings. The summed E-state index contributed by atoms with van der Waals surface area (Å²) in [7, 11) is 0. The Kier molecular flexibility index (Phi) is 5.98. The molecule has 6 nitrogen and oxygen atoms in total. The molecule has 0 fully saturated rings. The Bertz CT molecular complexity index is 1150. The smallest absolute Gasteiger partial charge is 0.375 e. The first kappa shape index (κ1) is 20.2. The topological polar surface area (TPSA) is 77.8 Å². The van der Waals surface area contributed by atoms with Crippen LogP contribution in [-0.4, -0.2) is 18.0 Å². The van der Waals surface area contributed by atoms with Crippen molar-refractivity contribution < 1.29 is 23.5 Å². The highest BCUT2D eigenvalue weighted by Crippen LogP contribution is 2.20. The second-order valence-electron chi connectivity index (χ2n) is 6.98. The molecule has 6 heteroatoms. The van der Waals surface area contributed by atoms with Crippen molar-refractivity contribution in [2.75, 3.05) is 5.32 Å². The van der Waals surface area contributed by atoms with Crippen molar-refractivity contribution in [2.45, 2.75) is 19.6 Å². The minimum Gasteiger partial charge on any atom is -0.489 e. The number of furan rings is 1. The third kappa shape index (κ3) is 5.11. The maximum absolute atomic E-state index is 12.4. The van der Waals surface area contributed by atoms with Gasteiger partial charge in [0, 0.05) is 11.1 Å². The molecule has 0 unspecified atom stereocenters. The number of amides is 1. The number of anilines is 1. The van der Waals surface area contributed by atoms with Crippen LogP contribution in [0.4, 0.5) is 5.69 Å². The average Bonchev–Trinajstić information content (AvgIpc) is 3.24. The number of carbonyl (C=O) groups is 2. The lowest BCUT2D eigenvalue weighted by Crippen LogP contribution is -2.29. The van der Waals surface area contributed by atoms with Crippen molar-refractivity contribution in [3.8, 4) is 5.75 Å². The minimum absolute atomic E-state index is 0.0563. The highest BCUT2D eigenvalue weighted by Gasteiger charge is 2.21. The molecule has 4 rings (SSSR count). The first-order chi connectivity index (χ1) is 15.1. The van der Waals surface area contributed by atoms with Crippen molar-refractivity contribution in [1.82, 2.24) is 0 Å². The van der Waals surface area contributed by atoms with Crippen LogP contribution in [0.2, 0.25) is 0 Å². The first-order valence-corrected chi connectivity index (χ1v) is 9.86. The van der Waals surface area contributed by atoms with E-state index in [2.05, 4.69) is 5.32 Å². The molecular weight excluding hydrogens is 394 g/mol. The summed E-state index contributed by atoms with van der Waals surface area (Å²) < 4.78 is 16.5. The van der Waals surface area contributed by atoms with Gasteiger partial charge in [0.05, 0.1) is 0 Å². The molecule has 0 bridgehead atoms. The van der Waals surface area contributed by atoms with E-state index in [1.54, 1.807) is 36.4 Å². The van der Waals surface area contributed by atoms with Crippen LogP contribution < -0.4 is 10.1 Å². The van der Waals surface area contributed by atoms with Gasteiger partial charge in [-0.25, -0.2) is 4.79 Å². The quantitative estimate of drug-likeness (QED) is 0.420. The maximum atomic E-state index is 12.4. The Balaban J connectivity index is 1.30. The van der Waals surface area contributed by atoms with Gasteiger partial charge in [-0.05, 0) is 48.9 Å². The van der Waals surface area contributed by atoms with Crippen LogP contribution in [0.25, 0.3) is 11.0 Å². The normalized spacial score (nSPS) is 11.6. The zero-order valence-electron chi connectivity index (χ0n) is 16.9. The van der Waals surface area contributed by atoms with Gasteiger partial charge in [-0.1, -0.05) is 48.5 Å². The maximum Gasteiger partial charge on any atom is 0.375 e. The van der Waals surface area contributed by atoms with Crippen molar-refractivity contribution in [1.29, 1.82) is 0 Å². The monoisotopic (exact) mass is 415 g/mol. The number of ether oxygens (including phenoxy) is 2. The Morgan fingerprint density at radius 1 is 0.935 bits per heavy atom. The van der Waals surface area contributed by atoms with Crippen molar-refractivity contribution >= 4 is 28.5 Å². The fourth-order valence-corrected chi connectivity index (χ4v) is 2.97. The molecule has 0 radical (unpaired) electrons. The molecule has 0 saturated carbocycles. The van der Waals surface area contributed by atoms with Crippen LogP contribution in [0.3, 0.4) is 0 Å². The predicted molar refractivity (Wildman–Crippen MR) is 117 cm³/mol. The van der Waals surface area contributed by atoms with Crippen LogP contribution >= 0.6 is 0 Å². The van der Waals surface area contributed by atoms with Crippen LogP contribution in [-0.2, 0) is 16.1 Å². The number of nitrogens with one attached hydrogen (secondary N) is 1. The van der Waals surface area contributed by atoms with E-state index < -0.39 is 18.0 Å². The largest absolute Gasteiger partial charge is 0.489 e. The third-order valence-corrected chi connectivity index (χ3v) is 4.65. The SMILES string of the molecule is C[C@H](OC(=O)c1cc2ccccc2o1)C(=O)Nc1ccc(OCc2ccccc2)cc1. The Morgan fingerprint density at radius 2 is 1.65 bits per heavy atom. The van der Waals surface area contributed by atoms with Gasteiger partial charge >= 0.3 is 5.97 Å². The van der Waals surface area contributed by atoms with E-state index in [4.69, 9.17) is 13.9 Å². The van der Waals surface area contributed by atoms with Gasteiger partial charge in [0.1, 0.15) is 17.9 Å². The van der Waals surface area contributed by atoms with E-state index in [1.807, 2.05) is 48.5 Å². The van der Waals surface area contributed by atoms with Gasteiger partial charge in [-0.15, -0.1) is 0 Å². The lowest BCUT2D eigenvalue weighted by molar-refractivity contribution is -0.123. The zero-order chi connectivity index (χ0) is 21.6. The molecule has 1 aromatic heterocycles. The standard InChI is InChI=1S/C25H21NO5/c1-17(30-25(28)23-15-19-9-5-6-10-22(19)31-23)24(27)26-20-11-13-21(14-12-20)29-16-18-7-3-2-4-8-18/h2-15,17H,16H2,1H3,(H,26,27)/t17-/m0/s1. The van der Waals surface area contributed by atoms with Crippen molar-refractivity contribution in [2.24, 2.45) is 0 Å². The van der Waals surface area contributed by atoms with E-state index >= 15 is 0 Å². The number of fused-ring (bicyclic) bond motifs is 1. The molecule has 1 atom stereocenters. The summed E-state index contributed by atoms with van der Waals surface area (Å²) in [6.07, 6.45) is -0.991. The van der Waals surface area contributed by atoms with Crippen molar-refractivity contribution in [3.05, 3.63) is 96.3 Å². The van der Waals surface area contributed by atoms with Crippen LogP contribution in [0.1, 0.15) is 23.0 Å². The van der Waals surface area contributed by atoms with Gasteiger partial charge in [0.2, 0.25) is 5.76 Å². The van der Waals surface area contributed by atoms with Gasteiger partial charge in [0.15, 0.2) is 6.10 Å². The Hall–Kier alpha value is -4.06. The van der Waals surface area contributed by atoms with Crippen LogP contribution in [0.5, 0.6) is 5.75 Å². The first-order valence-electron chi connectivity index (χ1n) is 9.86. The molecule has 0 aliphatic carbocycles. The lowest BCUT2D eigenvalue weighted by Gasteiger charge is -2.13. The second kappa shape index (κ2) is 9.17. The summed E-state index contributed by atoms with van der Waals surface area (Å²) in [4.78, 5) is 24.7. The van der Waals surface area contributed by atoms with Crippen LogP contribution in [0, 0.1) is 0 Å². The summed E-state index contributed by atoms with van der Waals surface area (Å²) in [5.74, 6) is -0.391. The number of hydrogen-bond donors (Lipinski definition) is 1. The highest BCUT2D eigenvalue weighted by atomic mass is 16.6. The molecule has 1 heterocycles. The van der Waals surface area contributed by atoms with Gasteiger partial charge in [-0.3, -0.25) is 4.79 Å². The Morgan fingerprint density at radius 3 is 2.39 bits per heavy atom. The fraction of sp³-hybridized carbons (Fsp3) is 0.120. The van der Waals surface area contributed by atoms with Gasteiger partial charge < -0.3 is 19.2 Å². The second-order valence-corrected chi connectivity index (χ2v) is 6.98. The zero-order valence-corrected chi connectivity index (χ0v) is 16.9. The number of para-hydroxylation sites is 1. The van der Waals surface area contributed by atoms with E-state index in [1.165, 1.54) is 6.92 Å². The van der Waals surface area contributed by atoms with Crippen LogP contribution in [0.15, 0.2) is 89.3 Å². The molecule has 0 aliphatic rings. The number of benzene rings is 3. The highest BCUT2D eigenvalue weighted by molar-refractivity contribution is 5.98. The minimum atomic E-state index is -0.991. The molecule has 1 amide bonds. The lowest BCUT2D eigenvalue weighted by atomic mass is 10.2. The molecule has 0 aliphatic heterocycles. The summed E-state index contributed by atoms with van der Waals surface area (Å²) in [6, 6.07) is 25.7. The molecule has 0 saturated heterocycles. The molecular formula is C25H21NO5. The summed E-state index contributed by atoms with van der Waals surface area (Å²) in [5, 5.41) is 3.52. The van der Waals surface area contributed by atoms with E-state index in [-0.39, 0.29) is 5.76 Å².